The molecule has 0 bridgehead atoms. The molecule has 8 nitrogen and oxygen atoms in total. The number of methoxy groups -OCH3 is 1. The molecule has 1 aliphatic carbocycles. The summed E-state index contributed by atoms with van der Waals surface area (Å²) in [7, 11) is 1.56. The Morgan fingerprint density at radius 3 is 2.46 bits per heavy atom. The average Bonchev–Trinajstić information content (AvgIpc) is 3.74. The highest BCUT2D eigenvalue weighted by Crippen LogP contribution is 2.49. The minimum Gasteiger partial charge on any atom is -0.495 e. The first-order valence-electron chi connectivity index (χ1n) is 12.7. The van der Waals surface area contributed by atoms with Crippen molar-refractivity contribution in [1.29, 1.82) is 5.26 Å². The molecule has 0 spiro atoms. The summed E-state index contributed by atoms with van der Waals surface area (Å²) in [5, 5.41) is 17.2. The maximum Gasteiger partial charge on any atom is 0.323 e. The van der Waals surface area contributed by atoms with Crippen LogP contribution in [0.2, 0.25) is 0 Å². The number of amides is 2. The Labute approximate surface area is 217 Å². The average molecular weight is 501 g/mol. The molecule has 192 valence electrons. The molecule has 1 aliphatic heterocycles. The van der Waals surface area contributed by atoms with E-state index in [2.05, 4.69) is 28.5 Å². The van der Waals surface area contributed by atoms with Crippen LogP contribution in [0.1, 0.15) is 25.3 Å². The van der Waals surface area contributed by atoms with Crippen LogP contribution in [0.25, 0.3) is 10.8 Å². The summed E-state index contributed by atoms with van der Waals surface area (Å²) in [5.74, 6) is 1.32. The molecule has 3 aromatic carbocycles. The fourth-order valence-electron chi connectivity index (χ4n) is 4.81. The van der Waals surface area contributed by atoms with Crippen molar-refractivity contribution in [2.75, 3.05) is 50.7 Å². The molecule has 2 aliphatic rings. The largest absolute Gasteiger partial charge is 0.495 e. The monoisotopic (exact) mass is 500 g/mol. The van der Waals surface area contributed by atoms with E-state index in [4.69, 9.17) is 14.2 Å². The van der Waals surface area contributed by atoms with Crippen molar-refractivity contribution < 1.29 is 19.0 Å². The molecule has 5 rings (SSSR count). The number of urea groups is 1. The molecule has 0 radical (unpaired) electrons. The van der Waals surface area contributed by atoms with Crippen molar-refractivity contribution in [2.24, 2.45) is 0 Å². The second-order valence-corrected chi connectivity index (χ2v) is 9.65. The van der Waals surface area contributed by atoms with Gasteiger partial charge in [0.15, 0.2) is 0 Å². The van der Waals surface area contributed by atoms with Gasteiger partial charge in [-0.25, -0.2) is 4.79 Å². The van der Waals surface area contributed by atoms with Crippen molar-refractivity contribution in [2.45, 2.75) is 31.2 Å². The first kappa shape index (κ1) is 24.9. The summed E-state index contributed by atoms with van der Waals surface area (Å²) in [6.07, 6.45) is 1.65. The third kappa shape index (κ3) is 5.33. The molecular weight excluding hydrogens is 468 g/mol. The van der Waals surface area contributed by atoms with E-state index in [-0.39, 0.29) is 6.04 Å². The van der Waals surface area contributed by atoms with E-state index in [0.717, 1.165) is 61.2 Å². The zero-order valence-corrected chi connectivity index (χ0v) is 21.3. The van der Waals surface area contributed by atoms with Gasteiger partial charge in [-0.3, -0.25) is 4.90 Å². The van der Waals surface area contributed by atoms with Crippen LogP contribution in [0.3, 0.4) is 0 Å². The van der Waals surface area contributed by atoms with Crippen LogP contribution in [-0.2, 0) is 10.2 Å². The molecular formula is C29H32N4O4. The molecule has 3 aromatic rings. The van der Waals surface area contributed by atoms with Gasteiger partial charge in [0, 0.05) is 29.9 Å². The Kier molecular flexibility index (Phi) is 7.17. The number of hydrogen-bond donors (Lipinski definition) is 2. The summed E-state index contributed by atoms with van der Waals surface area (Å²) >= 11 is 0. The smallest absolute Gasteiger partial charge is 0.323 e. The normalized spacial score (nSPS) is 17.4. The molecule has 1 saturated heterocycles. The van der Waals surface area contributed by atoms with E-state index in [1.807, 2.05) is 48.5 Å². The van der Waals surface area contributed by atoms with Gasteiger partial charge in [0.05, 0.1) is 43.2 Å². The molecule has 2 fully saturated rings. The number of hydrogen-bond acceptors (Lipinski definition) is 6. The quantitative estimate of drug-likeness (QED) is 0.444. The number of carbonyl (C=O) groups is 1. The van der Waals surface area contributed by atoms with Crippen LogP contribution in [0.4, 0.5) is 16.2 Å². The van der Waals surface area contributed by atoms with Crippen molar-refractivity contribution in [1.82, 2.24) is 4.90 Å². The lowest BCUT2D eigenvalue weighted by Gasteiger charge is -2.32. The highest BCUT2D eigenvalue weighted by Gasteiger charge is 2.45. The molecule has 2 N–H and O–H groups in total. The van der Waals surface area contributed by atoms with Crippen molar-refractivity contribution in [3.63, 3.8) is 0 Å². The van der Waals surface area contributed by atoms with Gasteiger partial charge in [-0.2, -0.15) is 5.26 Å². The van der Waals surface area contributed by atoms with Crippen LogP contribution in [0, 0.1) is 11.3 Å². The van der Waals surface area contributed by atoms with Gasteiger partial charge in [0.2, 0.25) is 0 Å². The SMILES string of the molecule is COc1ccc(C2(C#N)CC2)cc1NC(=O)Nc1ccc(OCC(C)N2CCOCC2)c2ccccc12. The number of carbonyl (C=O) groups excluding carboxylic acids is 1. The van der Waals surface area contributed by atoms with Crippen molar-refractivity contribution in [3.8, 4) is 17.6 Å². The van der Waals surface area contributed by atoms with E-state index in [0.29, 0.717) is 23.7 Å². The minimum atomic E-state index is -0.454. The third-order valence-corrected chi connectivity index (χ3v) is 7.25. The summed E-state index contributed by atoms with van der Waals surface area (Å²) in [4.78, 5) is 15.4. The van der Waals surface area contributed by atoms with E-state index in [1.54, 1.807) is 13.2 Å². The number of nitrogens with one attached hydrogen (secondary N) is 2. The van der Waals surface area contributed by atoms with Crippen LogP contribution < -0.4 is 20.1 Å². The predicted molar refractivity (Wildman–Crippen MR) is 143 cm³/mol. The van der Waals surface area contributed by atoms with Crippen molar-refractivity contribution >= 4 is 28.2 Å². The summed E-state index contributed by atoms with van der Waals surface area (Å²) < 4.78 is 17.1. The fourth-order valence-corrected chi connectivity index (χ4v) is 4.81. The van der Waals surface area contributed by atoms with Gasteiger partial charge in [-0.05, 0) is 49.6 Å². The number of rotatable bonds is 8. The molecule has 0 aromatic heterocycles. The molecule has 2 amide bonds. The molecule has 1 unspecified atom stereocenters. The number of morpholine rings is 1. The first-order valence-corrected chi connectivity index (χ1v) is 12.7. The number of fused-ring (bicyclic) bond motifs is 1. The van der Waals surface area contributed by atoms with Crippen LogP contribution in [0.15, 0.2) is 54.6 Å². The molecule has 37 heavy (non-hydrogen) atoms. The van der Waals surface area contributed by atoms with Crippen LogP contribution in [0.5, 0.6) is 11.5 Å². The number of benzene rings is 3. The van der Waals surface area contributed by atoms with E-state index < -0.39 is 11.4 Å². The van der Waals surface area contributed by atoms with E-state index >= 15 is 0 Å². The van der Waals surface area contributed by atoms with E-state index in [9.17, 15) is 10.1 Å². The third-order valence-electron chi connectivity index (χ3n) is 7.25. The molecule has 1 saturated carbocycles. The lowest BCUT2D eigenvalue weighted by molar-refractivity contribution is 0.0106. The Morgan fingerprint density at radius 2 is 1.76 bits per heavy atom. The Bertz CT molecular complexity index is 1330. The van der Waals surface area contributed by atoms with Gasteiger partial charge >= 0.3 is 6.03 Å². The summed E-state index contributed by atoms with van der Waals surface area (Å²) in [5.41, 5.74) is 1.64. The predicted octanol–water partition coefficient (Wildman–Crippen LogP) is 5.15. The number of nitriles is 1. The maximum absolute atomic E-state index is 13.0. The summed E-state index contributed by atoms with van der Waals surface area (Å²) in [6, 6.07) is 19.4. The van der Waals surface area contributed by atoms with Gasteiger partial charge in [0.1, 0.15) is 18.1 Å². The Balaban J connectivity index is 1.31. The van der Waals surface area contributed by atoms with Crippen LogP contribution >= 0.6 is 0 Å². The van der Waals surface area contributed by atoms with E-state index in [1.165, 1.54) is 0 Å². The molecule has 1 atom stereocenters. The molecule has 8 heteroatoms. The standard InChI is InChI=1S/C29H32N4O4/c1-20(33-13-15-36-16-14-33)18-37-26-10-8-24(22-5-3-4-6-23(22)26)31-28(34)32-25-17-21(7-9-27(25)35-2)29(19-30)11-12-29/h3-10,17,20H,11-16,18H2,1-2H3,(H2,31,32,34). The second kappa shape index (κ2) is 10.7. The maximum atomic E-state index is 13.0. The lowest BCUT2D eigenvalue weighted by atomic mass is 9.97. The van der Waals surface area contributed by atoms with Crippen LogP contribution in [-0.4, -0.2) is 57.0 Å². The zero-order valence-electron chi connectivity index (χ0n) is 21.3. The number of anilines is 2. The summed E-state index contributed by atoms with van der Waals surface area (Å²) in [6.45, 7) is 6.06. The lowest BCUT2D eigenvalue weighted by Crippen LogP contribution is -2.44. The second-order valence-electron chi connectivity index (χ2n) is 9.65. The zero-order chi connectivity index (χ0) is 25.8. The minimum absolute atomic E-state index is 0.271. The highest BCUT2D eigenvalue weighted by atomic mass is 16.5. The Hall–Kier alpha value is -3.80. The number of ether oxygens (including phenoxy) is 3. The molecule has 1 heterocycles. The van der Waals surface area contributed by atoms with Gasteiger partial charge in [-0.1, -0.05) is 30.3 Å². The van der Waals surface area contributed by atoms with Gasteiger partial charge in [0.25, 0.3) is 0 Å². The number of nitrogens with zero attached hydrogens (tertiary/aromatic N) is 2. The topological polar surface area (TPSA) is 95.8 Å². The van der Waals surface area contributed by atoms with Gasteiger partial charge in [-0.15, -0.1) is 0 Å². The van der Waals surface area contributed by atoms with Crippen molar-refractivity contribution in [3.05, 3.63) is 60.2 Å². The highest BCUT2D eigenvalue weighted by molar-refractivity contribution is 6.08. The fraction of sp³-hybridized carbons (Fsp3) is 0.379. The Morgan fingerprint density at radius 1 is 1.05 bits per heavy atom. The first-order chi connectivity index (χ1) is 18.0. The van der Waals surface area contributed by atoms with Gasteiger partial charge < -0.3 is 24.8 Å².